The van der Waals surface area contributed by atoms with E-state index in [2.05, 4.69) is 0 Å². The molecule has 1 aromatic rings. The van der Waals surface area contributed by atoms with Gasteiger partial charge in [-0.25, -0.2) is 8.42 Å². The van der Waals surface area contributed by atoms with Gasteiger partial charge in [-0.15, -0.1) is 0 Å². The SMILES string of the molecule is NCc1cccc(S(=O)(=O)N2CC(C(=O)N3CCOCC3)CC(C(F)(F)F)C2)c1. The predicted molar refractivity (Wildman–Crippen MR) is 98.1 cm³/mol. The third kappa shape index (κ3) is 4.90. The zero-order valence-corrected chi connectivity index (χ0v) is 16.6. The maximum absolute atomic E-state index is 13.5. The van der Waals surface area contributed by atoms with Crippen molar-refractivity contribution in [3.8, 4) is 0 Å². The van der Waals surface area contributed by atoms with Crippen LogP contribution in [0.25, 0.3) is 0 Å². The van der Waals surface area contributed by atoms with Gasteiger partial charge in [0.05, 0.1) is 29.9 Å². The Balaban J connectivity index is 1.89. The number of hydrogen-bond donors (Lipinski definition) is 1. The molecule has 162 valence electrons. The van der Waals surface area contributed by atoms with Crippen molar-refractivity contribution in [1.82, 2.24) is 9.21 Å². The molecule has 11 heteroatoms. The second kappa shape index (κ2) is 8.58. The molecule has 0 spiro atoms. The Morgan fingerprint density at radius 1 is 1.21 bits per heavy atom. The Morgan fingerprint density at radius 3 is 2.52 bits per heavy atom. The number of morpholine rings is 1. The largest absolute Gasteiger partial charge is 0.393 e. The van der Waals surface area contributed by atoms with Gasteiger partial charge in [-0.2, -0.15) is 17.5 Å². The molecule has 0 bridgehead atoms. The third-order valence-corrected chi connectivity index (χ3v) is 7.15. The number of alkyl halides is 3. The maximum atomic E-state index is 13.5. The van der Waals surface area contributed by atoms with Gasteiger partial charge in [0.15, 0.2) is 0 Å². The predicted octanol–water partition coefficient (Wildman–Crippen LogP) is 1.19. The summed E-state index contributed by atoms with van der Waals surface area (Å²) >= 11 is 0. The highest BCUT2D eigenvalue weighted by atomic mass is 32.2. The number of hydrogen-bond acceptors (Lipinski definition) is 5. The fourth-order valence-corrected chi connectivity index (χ4v) is 5.30. The van der Waals surface area contributed by atoms with E-state index in [1.807, 2.05) is 0 Å². The van der Waals surface area contributed by atoms with Crippen LogP contribution in [-0.4, -0.2) is 69.1 Å². The summed E-state index contributed by atoms with van der Waals surface area (Å²) in [6, 6.07) is 5.81. The number of halogens is 3. The molecular formula is C18H24F3N3O4S. The van der Waals surface area contributed by atoms with Gasteiger partial charge in [-0.05, 0) is 24.1 Å². The van der Waals surface area contributed by atoms with Crippen LogP contribution in [0.3, 0.4) is 0 Å². The highest BCUT2D eigenvalue weighted by Crippen LogP contribution is 2.38. The van der Waals surface area contributed by atoms with Crippen molar-refractivity contribution in [1.29, 1.82) is 0 Å². The zero-order chi connectivity index (χ0) is 21.2. The third-order valence-electron chi connectivity index (χ3n) is 5.32. The molecule has 0 aromatic heterocycles. The summed E-state index contributed by atoms with van der Waals surface area (Å²) in [4.78, 5) is 14.1. The number of carbonyl (C=O) groups is 1. The first-order valence-electron chi connectivity index (χ1n) is 9.35. The molecule has 2 fully saturated rings. The van der Waals surface area contributed by atoms with E-state index < -0.39 is 46.9 Å². The molecule has 2 unspecified atom stereocenters. The molecule has 0 saturated carbocycles. The highest BCUT2D eigenvalue weighted by molar-refractivity contribution is 7.89. The minimum Gasteiger partial charge on any atom is -0.378 e. The van der Waals surface area contributed by atoms with Gasteiger partial charge >= 0.3 is 6.18 Å². The van der Waals surface area contributed by atoms with Gasteiger partial charge in [0.1, 0.15) is 0 Å². The smallest absolute Gasteiger partial charge is 0.378 e. The Morgan fingerprint density at radius 2 is 1.90 bits per heavy atom. The minimum absolute atomic E-state index is 0.104. The van der Waals surface area contributed by atoms with Crippen LogP contribution in [0, 0.1) is 11.8 Å². The molecule has 2 atom stereocenters. The standard InChI is InChI=1S/C18H24F3N3O4S/c19-18(20,21)15-9-14(17(25)23-4-6-28-7-5-23)11-24(12-15)29(26,27)16-3-1-2-13(8-16)10-22/h1-3,8,14-15H,4-7,9-12,22H2. The van der Waals surface area contributed by atoms with Gasteiger partial charge in [0, 0.05) is 32.7 Å². The molecule has 0 aliphatic carbocycles. The molecule has 29 heavy (non-hydrogen) atoms. The molecule has 1 aromatic carbocycles. The lowest BCUT2D eigenvalue weighted by Gasteiger charge is -2.39. The van der Waals surface area contributed by atoms with Crippen LogP contribution in [0.1, 0.15) is 12.0 Å². The summed E-state index contributed by atoms with van der Waals surface area (Å²) in [6.07, 6.45) is -5.02. The van der Waals surface area contributed by atoms with Crippen LogP contribution in [-0.2, 0) is 26.1 Å². The van der Waals surface area contributed by atoms with E-state index in [1.54, 1.807) is 6.07 Å². The highest BCUT2D eigenvalue weighted by Gasteiger charge is 2.49. The monoisotopic (exact) mass is 435 g/mol. The molecule has 3 rings (SSSR count). The summed E-state index contributed by atoms with van der Waals surface area (Å²) < 4.78 is 72.6. The van der Waals surface area contributed by atoms with Gasteiger partial charge in [-0.1, -0.05) is 12.1 Å². The number of nitrogens with zero attached hydrogens (tertiary/aromatic N) is 2. The first-order chi connectivity index (χ1) is 13.6. The second-order valence-corrected chi connectivity index (χ2v) is 9.22. The molecule has 2 N–H and O–H groups in total. The van der Waals surface area contributed by atoms with Gasteiger partial charge in [-0.3, -0.25) is 4.79 Å². The van der Waals surface area contributed by atoms with E-state index in [-0.39, 0.29) is 31.1 Å². The van der Waals surface area contributed by atoms with Crippen LogP contribution in [0.4, 0.5) is 13.2 Å². The van der Waals surface area contributed by atoms with E-state index in [0.717, 1.165) is 4.31 Å². The van der Waals surface area contributed by atoms with Gasteiger partial charge < -0.3 is 15.4 Å². The van der Waals surface area contributed by atoms with Gasteiger partial charge in [0.2, 0.25) is 15.9 Å². The number of sulfonamides is 1. The zero-order valence-electron chi connectivity index (χ0n) is 15.8. The van der Waals surface area contributed by atoms with E-state index in [0.29, 0.717) is 18.8 Å². The van der Waals surface area contributed by atoms with Crippen molar-refractivity contribution in [2.75, 3.05) is 39.4 Å². The molecule has 2 aliphatic heterocycles. The molecule has 7 nitrogen and oxygen atoms in total. The summed E-state index contributed by atoms with van der Waals surface area (Å²) in [6.45, 7) is 0.328. The van der Waals surface area contributed by atoms with E-state index in [9.17, 15) is 26.4 Å². The number of nitrogens with two attached hydrogens (primary N) is 1. The van der Waals surface area contributed by atoms with Crippen molar-refractivity contribution in [2.24, 2.45) is 17.6 Å². The van der Waals surface area contributed by atoms with E-state index in [1.165, 1.54) is 23.1 Å². The van der Waals surface area contributed by atoms with Crippen molar-refractivity contribution in [3.63, 3.8) is 0 Å². The molecule has 2 aliphatic rings. The lowest BCUT2D eigenvalue weighted by atomic mass is 9.89. The average Bonchev–Trinajstić information content (AvgIpc) is 2.73. The Hall–Kier alpha value is -1.69. The normalized spacial score (nSPS) is 24.5. The fraction of sp³-hybridized carbons (Fsp3) is 0.611. The Kier molecular flexibility index (Phi) is 6.51. The number of rotatable bonds is 4. The number of carbonyl (C=O) groups excluding carboxylic acids is 1. The Bertz CT molecular complexity index is 841. The molecular weight excluding hydrogens is 411 g/mol. The van der Waals surface area contributed by atoms with Crippen molar-refractivity contribution >= 4 is 15.9 Å². The number of ether oxygens (including phenoxy) is 1. The Labute approximate surface area is 167 Å². The molecule has 0 radical (unpaired) electrons. The van der Waals surface area contributed by atoms with Crippen LogP contribution in [0.5, 0.6) is 0 Å². The summed E-state index contributed by atoms with van der Waals surface area (Å²) in [7, 11) is -4.20. The number of benzene rings is 1. The van der Waals surface area contributed by atoms with E-state index in [4.69, 9.17) is 10.5 Å². The van der Waals surface area contributed by atoms with Crippen LogP contribution in [0.15, 0.2) is 29.2 Å². The first-order valence-corrected chi connectivity index (χ1v) is 10.8. The summed E-state index contributed by atoms with van der Waals surface area (Å²) in [5.74, 6) is -3.42. The number of amides is 1. The molecule has 2 heterocycles. The summed E-state index contributed by atoms with van der Waals surface area (Å²) in [5, 5.41) is 0. The molecule has 2 saturated heterocycles. The topological polar surface area (TPSA) is 92.9 Å². The molecule has 1 amide bonds. The second-order valence-electron chi connectivity index (χ2n) is 7.28. The average molecular weight is 435 g/mol. The lowest BCUT2D eigenvalue weighted by Crippen LogP contribution is -2.53. The van der Waals surface area contributed by atoms with Crippen molar-refractivity contribution in [3.05, 3.63) is 29.8 Å². The number of piperidine rings is 1. The van der Waals surface area contributed by atoms with Gasteiger partial charge in [0.25, 0.3) is 0 Å². The summed E-state index contributed by atoms with van der Waals surface area (Å²) in [5.41, 5.74) is 6.10. The van der Waals surface area contributed by atoms with Crippen LogP contribution in [0.2, 0.25) is 0 Å². The van der Waals surface area contributed by atoms with Crippen LogP contribution >= 0.6 is 0 Å². The quantitative estimate of drug-likeness (QED) is 0.767. The fourth-order valence-electron chi connectivity index (χ4n) is 3.69. The first kappa shape index (κ1) is 22.0. The van der Waals surface area contributed by atoms with Crippen LogP contribution < -0.4 is 5.73 Å². The van der Waals surface area contributed by atoms with Crippen molar-refractivity contribution in [2.45, 2.75) is 24.0 Å². The lowest BCUT2D eigenvalue weighted by molar-refractivity contribution is -0.189. The van der Waals surface area contributed by atoms with E-state index >= 15 is 0 Å². The maximum Gasteiger partial charge on any atom is 0.393 e. The minimum atomic E-state index is -4.60. The van der Waals surface area contributed by atoms with Crippen molar-refractivity contribution < 1.29 is 31.1 Å².